The Morgan fingerprint density at radius 3 is 2.48 bits per heavy atom. The molecule has 0 spiro atoms. The standard InChI is InChI=1S/C17H14BrNO2/c1-2-11-7-14(21)8-15-16(11)9-19(10-17(15)18)12-3-5-13(20)6-4-12/h2-8,10,20-21H,1,9H2. The van der Waals surface area contributed by atoms with Gasteiger partial charge in [-0.15, -0.1) is 0 Å². The second-order valence-corrected chi connectivity index (χ2v) is 5.74. The van der Waals surface area contributed by atoms with Crippen molar-refractivity contribution in [1.82, 2.24) is 0 Å². The molecule has 0 saturated heterocycles. The molecule has 2 aromatic rings. The molecule has 0 aromatic heterocycles. The molecule has 0 atom stereocenters. The lowest BCUT2D eigenvalue weighted by Gasteiger charge is -2.28. The van der Waals surface area contributed by atoms with Crippen LogP contribution in [-0.2, 0) is 6.54 Å². The molecule has 0 unspecified atom stereocenters. The maximum atomic E-state index is 9.79. The number of hydrogen-bond donors (Lipinski definition) is 2. The first kappa shape index (κ1) is 13.8. The minimum Gasteiger partial charge on any atom is -0.508 e. The van der Waals surface area contributed by atoms with Crippen LogP contribution in [0.5, 0.6) is 11.5 Å². The lowest BCUT2D eigenvalue weighted by atomic mass is 9.97. The highest BCUT2D eigenvalue weighted by molar-refractivity contribution is 9.15. The highest BCUT2D eigenvalue weighted by atomic mass is 79.9. The molecule has 1 heterocycles. The average Bonchev–Trinajstić information content (AvgIpc) is 2.48. The highest BCUT2D eigenvalue weighted by Gasteiger charge is 2.20. The maximum absolute atomic E-state index is 9.79. The van der Waals surface area contributed by atoms with Crippen LogP contribution < -0.4 is 4.90 Å². The Morgan fingerprint density at radius 2 is 1.81 bits per heavy atom. The van der Waals surface area contributed by atoms with Crippen LogP contribution in [0.4, 0.5) is 5.69 Å². The van der Waals surface area contributed by atoms with E-state index < -0.39 is 0 Å². The van der Waals surface area contributed by atoms with Crippen molar-refractivity contribution in [1.29, 1.82) is 0 Å². The van der Waals surface area contributed by atoms with Gasteiger partial charge in [0.05, 0.1) is 0 Å². The summed E-state index contributed by atoms with van der Waals surface area (Å²) < 4.78 is 0.899. The number of hydrogen-bond acceptors (Lipinski definition) is 3. The van der Waals surface area contributed by atoms with Gasteiger partial charge < -0.3 is 15.1 Å². The second kappa shape index (κ2) is 5.30. The molecule has 0 bridgehead atoms. The monoisotopic (exact) mass is 343 g/mol. The number of benzene rings is 2. The molecule has 3 nitrogen and oxygen atoms in total. The fourth-order valence-electron chi connectivity index (χ4n) is 2.48. The molecule has 0 saturated carbocycles. The van der Waals surface area contributed by atoms with Crippen LogP contribution >= 0.6 is 15.9 Å². The Bertz CT molecular complexity index is 735. The van der Waals surface area contributed by atoms with Crippen molar-refractivity contribution in [3.8, 4) is 11.5 Å². The average molecular weight is 344 g/mol. The van der Waals surface area contributed by atoms with E-state index in [4.69, 9.17) is 0 Å². The molecular formula is C17H14BrNO2. The zero-order chi connectivity index (χ0) is 15.0. The van der Waals surface area contributed by atoms with E-state index in [0.717, 1.165) is 26.9 Å². The van der Waals surface area contributed by atoms with Crippen LogP contribution in [0, 0.1) is 0 Å². The molecule has 106 valence electrons. The van der Waals surface area contributed by atoms with E-state index in [-0.39, 0.29) is 11.5 Å². The van der Waals surface area contributed by atoms with Crippen LogP contribution in [0.1, 0.15) is 16.7 Å². The van der Waals surface area contributed by atoms with Crippen LogP contribution in [-0.4, -0.2) is 10.2 Å². The van der Waals surface area contributed by atoms with Gasteiger partial charge in [0.2, 0.25) is 0 Å². The van der Waals surface area contributed by atoms with Gasteiger partial charge in [-0.3, -0.25) is 0 Å². The summed E-state index contributed by atoms with van der Waals surface area (Å²) in [6.07, 6.45) is 3.72. The zero-order valence-electron chi connectivity index (χ0n) is 11.3. The lowest BCUT2D eigenvalue weighted by Crippen LogP contribution is -2.21. The van der Waals surface area contributed by atoms with E-state index in [1.54, 1.807) is 30.3 Å². The van der Waals surface area contributed by atoms with Crippen molar-refractivity contribution in [3.05, 3.63) is 65.9 Å². The predicted octanol–water partition coefficient (Wildman–Crippen LogP) is 4.45. The number of anilines is 1. The van der Waals surface area contributed by atoms with Crippen molar-refractivity contribution in [2.24, 2.45) is 0 Å². The molecule has 3 rings (SSSR count). The van der Waals surface area contributed by atoms with Gasteiger partial charge in [-0.2, -0.15) is 0 Å². The van der Waals surface area contributed by atoms with Crippen molar-refractivity contribution in [2.45, 2.75) is 6.54 Å². The van der Waals surface area contributed by atoms with Crippen molar-refractivity contribution >= 4 is 32.2 Å². The van der Waals surface area contributed by atoms with Gasteiger partial charge in [-0.05, 0) is 69.0 Å². The summed E-state index contributed by atoms with van der Waals surface area (Å²) >= 11 is 3.56. The summed E-state index contributed by atoms with van der Waals surface area (Å²) in [7, 11) is 0. The highest BCUT2D eigenvalue weighted by Crippen LogP contribution is 2.37. The Labute approximate surface area is 131 Å². The molecule has 0 aliphatic carbocycles. The van der Waals surface area contributed by atoms with Crippen LogP contribution in [0.15, 0.2) is 49.2 Å². The number of nitrogens with zero attached hydrogens (tertiary/aromatic N) is 1. The van der Waals surface area contributed by atoms with Gasteiger partial charge in [0.25, 0.3) is 0 Å². The van der Waals surface area contributed by atoms with Crippen LogP contribution in [0.3, 0.4) is 0 Å². The zero-order valence-corrected chi connectivity index (χ0v) is 12.8. The summed E-state index contributed by atoms with van der Waals surface area (Å²) in [6, 6.07) is 10.5. The molecule has 21 heavy (non-hydrogen) atoms. The first-order chi connectivity index (χ1) is 10.1. The number of phenolic OH excluding ortho intramolecular Hbond substituents is 2. The number of halogens is 1. The van der Waals surface area contributed by atoms with Crippen molar-refractivity contribution < 1.29 is 10.2 Å². The van der Waals surface area contributed by atoms with E-state index in [1.807, 2.05) is 18.3 Å². The number of rotatable bonds is 2. The van der Waals surface area contributed by atoms with Crippen molar-refractivity contribution in [2.75, 3.05) is 4.90 Å². The number of fused-ring (bicyclic) bond motifs is 1. The second-order valence-electron chi connectivity index (χ2n) is 4.89. The normalized spacial score (nSPS) is 13.6. The first-order valence-electron chi connectivity index (χ1n) is 6.50. The van der Waals surface area contributed by atoms with Crippen molar-refractivity contribution in [3.63, 3.8) is 0 Å². The quantitative estimate of drug-likeness (QED) is 0.846. The Kier molecular flexibility index (Phi) is 3.47. The van der Waals surface area contributed by atoms with E-state index >= 15 is 0 Å². The maximum Gasteiger partial charge on any atom is 0.116 e. The predicted molar refractivity (Wildman–Crippen MR) is 89.4 cm³/mol. The smallest absolute Gasteiger partial charge is 0.116 e. The van der Waals surface area contributed by atoms with Gasteiger partial charge in [-0.1, -0.05) is 12.7 Å². The van der Waals surface area contributed by atoms with Crippen LogP contribution in [0.2, 0.25) is 0 Å². The molecule has 0 fully saturated rings. The fourth-order valence-corrected chi connectivity index (χ4v) is 3.08. The molecular weight excluding hydrogens is 330 g/mol. The molecule has 1 aliphatic heterocycles. The third-order valence-electron chi connectivity index (χ3n) is 3.53. The van der Waals surface area contributed by atoms with E-state index in [0.29, 0.717) is 6.54 Å². The molecule has 2 N–H and O–H groups in total. The van der Waals surface area contributed by atoms with E-state index in [1.165, 1.54) is 0 Å². The Morgan fingerprint density at radius 1 is 1.10 bits per heavy atom. The summed E-state index contributed by atoms with van der Waals surface area (Å²) in [6.45, 7) is 4.49. The fraction of sp³-hybridized carbons (Fsp3) is 0.0588. The first-order valence-corrected chi connectivity index (χ1v) is 7.29. The Balaban J connectivity index is 2.07. The van der Waals surface area contributed by atoms with Gasteiger partial charge in [-0.25, -0.2) is 0 Å². The lowest BCUT2D eigenvalue weighted by molar-refractivity contribution is 0.474. The van der Waals surface area contributed by atoms with Gasteiger partial charge in [0, 0.05) is 22.9 Å². The molecule has 1 aliphatic rings. The van der Waals surface area contributed by atoms with E-state index in [9.17, 15) is 10.2 Å². The Hall–Kier alpha value is -2.20. The van der Waals surface area contributed by atoms with E-state index in [2.05, 4.69) is 27.4 Å². The third-order valence-corrected chi connectivity index (χ3v) is 4.16. The van der Waals surface area contributed by atoms with Gasteiger partial charge in [0.1, 0.15) is 11.5 Å². The number of aromatic hydroxyl groups is 2. The van der Waals surface area contributed by atoms with Crippen LogP contribution in [0.25, 0.3) is 10.6 Å². The van der Waals surface area contributed by atoms with Gasteiger partial charge in [0.15, 0.2) is 0 Å². The molecule has 4 heteroatoms. The number of phenols is 2. The topological polar surface area (TPSA) is 43.7 Å². The van der Waals surface area contributed by atoms with Gasteiger partial charge >= 0.3 is 0 Å². The molecule has 2 aromatic carbocycles. The third kappa shape index (κ3) is 2.54. The summed E-state index contributed by atoms with van der Waals surface area (Å²) in [4.78, 5) is 2.08. The summed E-state index contributed by atoms with van der Waals surface area (Å²) in [5.74, 6) is 0.475. The minimum atomic E-state index is 0.229. The minimum absolute atomic E-state index is 0.229. The molecule has 0 amide bonds. The summed E-state index contributed by atoms with van der Waals surface area (Å²) in [5, 5.41) is 19.2. The summed E-state index contributed by atoms with van der Waals surface area (Å²) in [5.41, 5.74) is 3.97. The molecule has 0 radical (unpaired) electrons. The SMILES string of the molecule is C=Cc1cc(O)cc2c1CN(c1ccc(O)cc1)C=C2Br. The largest absolute Gasteiger partial charge is 0.508 e.